The molecule has 3 N–H and O–H groups in total. The van der Waals surface area contributed by atoms with Crippen LogP contribution in [0.15, 0.2) is 0 Å². The number of nitrogens with zero attached hydrogens (tertiary/aromatic N) is 1. The van der Waals surface area contributed by atoms with Crippen LogP contribution in [-0.4, -0.2) is 67.6 Å². The number of hydrogen-bond donors (Lipinski definition) is 3. The van der Waals surface area contributed by atoms with Crippen molar-refractivity contribution in [1.29, 1.82) is 0 Å². The Bertz CT molecular complexity index is 272. The van der Waals surface area contributed by atoms with Crippen molar-refractivity contribution in [3.05, 3.63) is 0 Å². The van der Waals surface area contributed by atoms with Gasteiger partial charge in [-0.15, -0.1) is 0 Å². The van der Waals surface area contributed by atoms with E-state index >= 15 is 0 Å². The first-order chi connectivity index (χ1) is 6.43. The standard InChI is InChI=1S/C7H16N2O4S/c1-8-7(11,6-10)9-2-4-14(12,13)5-3-9/h8,10-11H,2-6H2,1H3. The van der Waals surface area contributed by atoms with Gasteiger partial charge < -0.3 is 10.2 Å². The third-order valence-corrected chi connectivity index (χ3v) is 4.10. The summed E-state index contributed by atoms with van der Waals surface area (Å²) < 4.78 is 22.2. The average Bonchev–Trinajstić information content (AvgIpc) is 2.16. The fraction of sp³-hybridized carbons (Fsp3) is 1.00. The summed E-state index contributed by atoms with van der Waals surface area (Å²) in [6, 6.07) is 0. The summed E-state index contributed by atoms with van der Waals surface area (Å²) in [6.07, 6.45) is 0. The van der Waals surface area contributed by atoms with E-state index in [4.69, 9.17) is 5.11 Å². The highest BCUT2D eigenvalue weighted by atomic mass is 32.2. The molecule has 0 radical (unpaired) electrons. The van der Waals surface area contributed by atoms with E-state index in [1.54, 1.807) is 0 Å². The Labute approximate surface area is 83.4 Å². The molecular formula is C7H16N2O4S. The Morgan fingerprint density at radius 1 is 1.43 bits per heavy atom. The molecule has 1 aliphatic rings. The molecule has 1 atom stereocenters. The zero-order valence-corrected chi connectivity index (χ0v) is 8.92. The minimum absolute atomic E-state index is 0.0248. The second kappa shape index (κ2) is 4.11. The Balaban J connectivity index is 2.65. The van der Waals surface area contributed by atoms with Crippen molar-refractivity contribution in [2.45, 2.75) is 5.85 Å². The topological polar surface area (TPSA) is 89.9 Å². The quantitative estimate of drug-likeness (QED) is 0.462. The van der Waals surface area contributed by atoms with Gasteiger partial charge in [-0.05, 0) is 7.05 Å². The normalized spacial score (nSPS) is 27.1. The van der Waals surface area contributed by atoms with Gasteiger partial charge in [-0.2, -0.15) is 0 Å². The Morgan fingerprint density at radius 2 is 1.93 bits per heavy atom. The van der Waals surface area contributed by atoms with Crippen LogP contribution in [0.2, 0.25) is 0 Å². The van der Waals surface area contributed by atoms with E-state index in [0.717, 1.165) is 0 Å². The van der Waals surface area contributed by atoms with E-state index in [1.807, 2.05) is 0 Å². The molecule has 0 spiro atoms. The van der Waals surface area contributed by atoms with Crippen LogP contribution in [0.3, 0.4) is 0 Å². The van der Waals surface area contributed by atoms with Crippen molar-refractivity contribution in [3.8, 4) is 0 Å². The Kier molecular flexibility index (Phi) is 3.49. The van der Waals surface area contributed by atoms with Gasteiger partial charge in [-0.25, -0.2) is 8.42 Å². The van der Waals surface area contributed by atoms with Crippen LogP contribution < -0.4 is 5.32 Å². The van der Waals surface area contributed by atoms with E-state index in [1.165, 1.54) is 11.9 Å². The largest absolute Gasteiger partial charge is 0.390 e. The molecular weight excluding hydrogens is 208 g/mol. The number of sulfone groups is 1. The Morgan fingerprint density at radius 3 is 2.29 bits per heavy atom. The smallest absolute Gasteiger partial charge is 0.198 e. The maximum Gasteiger partial charge on any atom is 0.198 e. The molecule has 14 heavy (non-hydrogen) atoms. The van der Waals surface area contributed by atoms with Crippen molar-refractivity contribution in [2.75, 3.05) is 38.2 Å². The number of aliphatic hydroxyl groups excluding tert-OH is 1. The minimum Gasteiger partial charge on any atom is -0.390 e. The van der Waals surface area contributed by atoms with E-state index in [0.29, 0.717) is 0 Å². The molecule has 1 aliphatic heterocycles. The average molecular weight is 224 g/mol. The highest BCUT2D eigenvalue weighted by Gasteiger charge is 2.36. The minimum atomic E-state index is -2.95. The summed E-state index contributed by atoms with van der Waals surface area (Å²) >= 11 is 0. The first kappa shape index (κ1) is 11.9. The zero-order valence-electron chi connectivity index (χ0n) is 8.10. The van der Waals surface area contributed by atoms with Crippen LogP contribution in [0.25, 0.3) is 0 Å². The van der Waals surface area contributed by atoms with Crippen molar-refractivity contribution >= 4 is 9.84 Å². The number of likely N-dealkylation sites (N-methyl/N-ethyl adjacent to an activating group) is 1. The molecule has 1 fully saturated rings. The molecule has 0 aromatic rings. The van der Waals surface area contributed by atoms with Gasteiger partial charge in [0.1, 0.15) is 6.61 Å². The van der Waals surface area contributed by atoms with E-state index in [9.17, 15) is 13.5 Å². The van der Waals surface area contributed by atoms with Crippen molar-refractivity contribution < 1.29 is 18.6 Å². The molecule has 1 unspecified atom stereocenters. The van der Waals surface area contributed by atoms with E-state index < -0.39 is 22.3 Å². The van der Waals surface area contributed by atoms with Crippen LogP contribution in [0.5, 0.6) is 0 Å². The van der Waals surface area contributed by atoms with E-state index in [2.05, 4.69) is 5.32 Å². The van der Waals surface area contributed by atoms with Gasteiger partial charge in [0, 0.05) is 13.1 Å². The lowest BCUT2D eigenvalue weighted by molar-refractivity contribution is -0.154. The summed E-state index contributed by atoms with van der Waals surface area (Å²) in [4.78, 5) is 1.52. The third kappa shape index (κ3) is 2.43. The lowest BCUT2D eigenvalue weighted by Crippen LogP contribution is -2.63. The number of rotatable bonds is 3. The maximum absolute atomic E-state index is 11.1. The molecule has 0 bridgehead atoms. The number of aliphatic hydroxyl groups is 2. The van der Waals surface area contributed by atoms with Crippen LogP contribution >= 0.6 is 0 Å². The van der Waals surface area contributed by atoms with Gasteiger partial charge in [0.15, 0.2) is 15.7 Å². The second-order valence-electron chi connectivity index (χ2n) is 3.36. The molecule has 0 aromatic heterocycles. The first-order valence-electron chi connectivity index (χ1n) is 4.41. The van der Waals surface area contributed by atoms with Gasteiger partial charge in [-0.1, -0.05) is 0 Å². The molecule has 1 rings (SSSR count). The van der Waals surface area contributed by atoms with Crippen molar-refractivity contribution in [2.24, 2.45) is 0 Å². The SMILES string of the molecule is CNC(O)(CO)N1CCS(=O)(=O)CC1. The summed E-state index contributed by atoms with van der Waals surface area (Å²) in [7, 11) is -1.44. The highest BCUT2D eigenvalue weighted by Crippen LogP contribution is 2.12. The predicted octanol–water partition coefficient (Wildman–Crippen LogP) is -2.43. The fourth-order valence-corrected chi connectivity index (χ4v) is 2.62. The molecule has 1 heterocycles. The molecule has 0 saturated carbocycles. The third-order valence-electron chi connectivity index (χ3n) is 2.49. The molecule has 1 saturated heterocycles. The van der Waals surface area contributed by atoms with Crippen LogP contribution in [0.1, 0.15) is 0 Å². The number of nitrogens with one attached hydrogen (secondary N) is 1. The summed E-state index contributed by atoms with van der Waals surface area (Å²) in [5.41, 5.74) is 0. The predicted molar refractivity (Wildman–Crippen MR) is 51.3 cm³/mol. The monoisotopic (exact) mass is 224 g/mol. The van der Waals surface area contributed by atoms with Gasteiger partial charge in [0.25, 0.3) is 0 Å². The zero-order chi connectivity index (χ0) is 10.8. The molecule has 84 valence electrons. The summed E-state index contributed by atoms with van der Waals surface area (Å²) in [5, 5.41) is 21.3. The van der Waals surface area contributed by atoms with Crippen LogP contribution in [0, 0.1) is 0 Å². The molecule has 7 heteroatoms. The molecule has 6 nitrogen and oxygen atoms in total. The fourth-order valence-electron chi connectivity index (χ4n) is 1.42. The maximum atomic E-state index is 11.1. The molecule has 0 amide bonds. The first-order valence-corrected chi connectivity index (χ1v) is 6.23. The van der Waals surface area contributed by atoms with Crippen LogP contribution in [0.4, 0.5) is 0 Å². The van der Waals surface area contributed by atoms with Crippen molar-refractivity contribution in [1.82, 2.24) is 10.2 Å². The van der Waals surface area contributed by atoms with Gasteiger partial charge >= 0.3 is 0 Å². The summed E-state index contributed by atoms with van der Waals surface area (Å²) in [5.74, 6) is -1.45. The summed E-state index contributed by atoms with van der Waals surface area (Å²) in [6.45, 7) is 0.00398. The number of hydrogen-bond acceptors (Lipinski definition) is 6. The van der Waals surface area contributed by atoms with Crippen LogP contribution in [-0.2, 0) is 9.84 Å². The lowest BCUT2D eigenvalue weighted by Gasteiger charge is -2.39. The van der Waals surface area contributed by atoms with E-state index in [-0.39, 0.29) is 24.6 Å². The molecule has 0 aromatic carbocycles. The Hall–Kier alpha value is -0.210. The lowest BCUT2D eigenvalue weighted by atomic mass is 10.3. The van der Waals surface area contributed by atoms with Crippen molar-refractivity contribution in [3.63, 3.8) is 0 Å². The van der Waals surface area contributed by atoms with Gasteiger partial charge in [0.05, 0.1) is 11.5 Å². The second-order valence-corrected chi connectivity index (χ2v) is 5.67. The van der Waals surface area contributed by atoms with Gasteiger partial charge in [0.2, 0.25) is 0 Å². The molecule has 0 aliphatic carbocycles. The highest BCUT2D eigenvalue weighted by molar-refractivity contribution is 7.91. The van der Waals surface area contributed by atoms with Gasteiger partial charge in [-0.3, -0.25) is 10.2 Å².